The van der Waals surface area contributed by atoms with Gasteiger partial charge in [-0.2, -0.15) is 4.98 Å². The van der Waals surface area contributed by atoms with Gasteiger partial charge in [0.25, 0.3) is 0 Å². The summed E-state index contributed by atoms with van der Waals surface area (Å²) in [5, 5.41) is 3.94. The molecule has 1 fully saturated rings. The van der Waals surface area contributed by atoms with Crippen LogP contribution >= 0.6 is 0 Å². The Hall–Kier alpha value is -3.50. The molecule has 1 aromatic carbocycles. The Labute approximate surface area is 168 Å². The van der Waals surface area contributed by atoms with Gasteiger partial charge in [-0.05, 0) is 24.1 Å². The van der Waals surface area contributed by atoms with E-state index in [9.17, 15) is 18.0 Å². The summed E-state index contributed by atoms with van der Waals surface area (Å²) in [6.07, 6.45) is 1.14. The monoisotopic (exact) mass is 419 g/mol. The molecule has 4 rings (SSSR count). The number of carbonyl (C=O) groups is 1. The molecule has 0 N–H and O–H groups in total. The van der Waals surface area contributed by atoms with Crippen LogP contribution in [0.4, 0.5) is 13.2 Å². The minimum atomic E-state index is -4.75. The van der Waals surface area contributed by atoms with Gasteiger partial charge in [-0.15, -0.1) is 13.2 Å². The molecule has 1 amide bonds. The third kappa shape index (κ3) is 4.56. The van der Waals surface area contributed by atoms with Gasteiger partial charge < -0.3 is 14.2 Å². The van der Waals surface area contributed by atoms with Gasteiger partial charge in [0.05, 0.1) is 12.1 Å². The van der Waals surface area contributed by atoms with Crippen molar-refractivity contribution in [2.75, 3.05) is 13.1 Å². The van der Waals surface area contributed by atoms with Crippen LogP contribution in [-0.2, 0) is 4.79 Å². The highest BCUT2D eigenvalue weighted by atomic mass is 19.4. The summed E-state index contributed by atoms with van der Waals surface area (Å²) < 4.78 is 46.4. The van der Waals surface area contributed by atoms with Crippen molar-refractivity contribution in [2.45, 2.75) is 24.6 Å². The number of halogens is 3. The van der Waals surface area contributed by atoms with Crippen molar-refractivity contribution in [3.63, 3.8) is 0 Å². The average molecular weight is 419 g/mol. The molecule has 156 valence electrons. The maximum Gasteiger partial charge on any atom is 0.573 e. The highest BCUT2D eigenvalue weighted by molar-refractivity contribution is 5.49. The summed E-state index contributed by atoms with van der Waals surface area (Å²) >= 11 is 0. The number of piperidine rings is 1. The van der Waals surface area contributed by atoms with E-state index in [0.717, 1.165) is 12.0 Å². The predicted molar refractivity (Wildman–Crippen MR) is 96.2 cm³/mol. The van der Waals surface area contributed by atoms with Gasteiger partial charge in [0.1, 0.15) is 11.4 Å². The van der Waals surface area contributed by atoms with Gasteiger partial charge in [-0.25, -0.2) is 4.98 Å². The zero-order valence-corrected chi connectivity index (χ0v) is 15.5. The fraction of sp³-hybridized carbons (Fsp3) is 0.316. The number of hydrogen-bond acceptors (Lipinski definition) is 7. The topological polar surface area (TPSA) is 94.2 Å². The van der Waals surface area contributed by atoms with E-state index in [0.29, 0.717) is 36.9 Å². The van der Waals surface area contributed by atoms with E-state index in [1.54, 1.807) is 17.0 Å². The van der Waals surface area contributed by atoms with Crippen LogP contribution in [0.5, 0.6) is 5.75 Å². The number of aromatic nitrogens is 4. The molecule has 1 aliphatic rings. The van der Waals surface area contributed by atoms with Crippen LogP contribution in [-0.4, -0.2) is 50.9 Å². The summed E-state index contributed by atoms with van der Waals surface area (Å²) in [6, 6.07) is 5.65. The first-order chi connectivity index (χ1) is 14.4. The van der Waals surface area contributed by atoms with Crippen molar-refractivity contribution in [2.24, 2.45) is 0 Å². The maximum atomic E-state index is 12.4. The van der Waals surface area contributed by atoms with Gasteiger partial charge in [-0.3, -0.25) is 9.78 Å². The number of nitrogens with zero attached hydrogens (tertiary/aromatic N) is 5. The second-order valence-electron chi connectivity index (χ2n) is 6.85. The molecule has 30 heavy (non-hydrogen) atoms. The van der Waals surface area contributed by atoms with Crippen molar-refractivity contribution in [3.05, 3.63) is 54.3 Å². The van der Waals surface area contributed by atoms with Crippen molar-refractivity contribution >= 4 is 6.41 Å². The number of benzene rings is 1. The molecule has 0 bridgehead atoms. The van der Waals surface area contributed by atoms with E-state index in [-0.39, 0.29) is 17.6 Å². The van der Waals surface area contributed by atoms with Crippen molar-refractivity contribution < 1.29 is 27.2 Å². The first kappa shape index (κ1) is 19.8. The lowest BCUT2D eigenvalue weighted by molar-refractivity contribution is -0.274. The quantitative estimate of drug-likeness (QED) is 0.587. The fourth-order valence-corrected chi connectivity index (χ4v) is 3.50. The summed E-state index contributed by atoms with van der Waals surface area (Å²) in [4.78, 5) is 25.5. The second kappa shape index (κ2) is 8.09. The maximum absolute atomic E-state index is 12.4. The lowest BCUT2D eigenvalue weighted by Gasteiger charge is -2.34. The predicted octanol–water partition coefficient (Wildman–Crippen LogP) is 3.15. The number of amides is 1. The van der Waals surface area contributed by atoms with Gasteiger partial charge in [-0.1, -0.05) is 17.3 Å². The molecule has 2 atom stereocenters. The highest BCUT2D eigenvalue weighted by Gasteiger charge is 2.33. The molecule has 0 saturated carbocycles. The Balaban J connectivity index is 1.52. The molecule has 2 unspecified atom stereocenters. The molecule has 8 nitrogen and oxygen atoms in total. The summed E-state index contributed by atoms with van der Waals surface area (Å²) in [5.74, 6) is 0.0332. The summed E-state index contributed by atoms with van der Waals surface area (Å²) in [7, 11) is 0. The van der Waals surface area contributed by atoms with Crippen molar-refractivity contribution in [1.82, 2.24) is 25.0 Å². The van der Waals surface area contributed by atoms with Crippen LogP contribution in [0, 0.1) is 0 Å². The van der Waals surface area contributed by atoms with E-state index in [1.165, 1.54) is 30.7 Å². The van der Waals surface area contributed by atoms with Gasteiger partial charge in [0.2, 0.25) is 18.1 Å². The van der Waals surface area contributed by atoms with E-state index >= 15 is 0 Å². The Morgan fingerprint density at radius 2 is 1.90 bits per heavy atom. The molecule has 3 heterocycles. The Kier molecular flexibility index (Phi) is 5.34. The Bertz CT molecular complexity index is 995. The molecular weight excluding hydrogens is 403 g/mol. The molecule has 3 aromatic rings. The van der Waals surface area contributed by atoms with E-state index < -0.39 is 6.36 Å². The lowest BCUT2D eigenvalue weighted by atomic mass is 9.84. The van der Waals surface area contributed by atoms with Gasteiger partial charge in [0, 0.05) is 31.4 Å². The molecule has 0 radical (unpaired) electrons. The average Bonchev–Trinajstić information content (AvgIpc) is 3.24. The zero-order valence-electron chi connectivity index (χ0n) is 15.5. The highest BCUT2D eigenvalue weighted by Crippen LogP contribution is 2.36. The standard InChI is InChI=1S/C19H16F3N5O3/c20-19(21,22)29-15-3-1-12(2-4-15)13-7-14(10-27(9-13)11-28)18-25-17(26-30-18)16-8-23-5-6-24-16/h1-6,8,11,13-14H,7,9-10H2. The van der Waals surface area contributed by atoms with Crippen LogP contribution < -0.4 is 4.74 Å². The number of hydrogen-bond donors (Lipinski definition) is 0. The number of rotatable bonds is 5. The molecule has 0 spiro atoms. The SMILES string of the molecule is O=CN1CC(c2ccc(OC(F)(F)F)cc2)CC(c2nc(-c3cnccn3)no2)C1. The van der Waals surface area contributed by atoms with Crippen molar-refractivity contribution in [1.29, 1.82) is 0 Å². The largest absolute Gasteiger partial charge is 0.573 e. The van der Waals surface area contributed by atoms with Crippen LogP contribution in [0.3, 0.4) is 0 Å². The fourth-order valence-electron chi connectivity index (χ4n) is 3.50. The van der Waals surface area contributed by atoms with Crippen molar-refractivity contribution in [3.8, 4) is 17.3 Å². The van der Waals surface area contributed by atoms with Crippen LogP contribution in [0.25, 0.3) is 11.5 Å². The molecule has 2 aromatic heterocycles. The van der Waals surface area contributed by atoms with E-state index in [4.69, 9.17) is 4.52 Å². The van der Waals surface area contributed by atoms with E-state index in [1.807, 2.05) is 0 Å². The molecular formula is C19H16F3N5O3. The zero-order chi connectivity index (χ0) is 21.1. The molecule has 1 saturated heterocycles. The lowest BCUT2D eigenvalue weighted by Crippen LogP contribution is -2.37. The third-order valence-electron chi connectivity index (χ3n) is 4.80. The first-order valence-electron chi connectivity index (χ1n) is 9.06. The molecule has 1 aliphatic heterocycles. The third-order valence-corrected chi connectivity index (χ3v) is 4.80. The minimum Gasteiger partial charge on any atom is -0.406 e. The number of alkyl halides is 3. The number of carbonyl (C=O) groups excluding carboxylic acids is 1. The number of likely N-dealkylation sites (tertiary alicyclic amines) is 1. The molecule has 0 aliphatic carbocycles. The number of ether oxygens (including phenoxy) is 1. The normalized spacial score (nSPS) is 19.5. The van der Waals surface area contributed by atoms with Crippen LogP contribution in [0.1, 0.15) is 29.7 Å². The van der Waals surface area contributed by atoms with Crippen LogP contribution in [0.15, 0.2) is 47.4 Å². The first-order valence-corrected chi connectivity index (χ1v) is 9.06. The van der Waals surface area contributed by atoms with Gasteiger partial charge >= 0.3 is 6.36 Å². The molecule has 11 heteroatoms. The van der Waals surface area contributed by atoms with E-state index in [2.05, 4.69) is 24.8 Å². The minimum absolute atomic E-state index is 0.110. The van der Waals surface area contributed by atoms with Crippen LogP contribution in [0.2, 0.25) is 0 Å². The smallest absolute Gasteiger partial charge is 0.406 e. The summed E-state index contributed by atoms with van der Waals surface area (Å²) in [5.41, 5.74) is 1.25. The van der Waals surface area contributed by atoms with Gasteiger partial charge in [0.15, 0.2) is 0 Å². The second-order valence-corrected chi connectivity index (χ2v) is 6.85. The Morgan fingerprint density at radius 1 is 1.13 bits per heavy atom. The summed E-state index contributed by atoms with van der Waals surface area (Å²) in [6.45, 7) is 0.835. The Morgan fingerprint density at radius 3 is 2.57 bits per heavy atom.